The fourth-order valence-corrected chi connectivity index (χ4v) is 4.26. The number of ether oxygens (including phenoxy) is 1. The van der Waals surface area contributed by atoms with Gasteiger partial charge >= 0.3 is 17.8 Å². The largest absolute Gasteiger partial charge is 0.494 e. The number of piperidine rings is 1. The first-order chi connectivity index (χ1) is 16.0. The van der Waals surface area contributed by atoms with Crippen molar-refractivity contribution in [2.45, 2.75) is 32.4 Å². The van der Waals surface area contributed by atoms with Gasteiger partial charge in [-0.2, -0.15) is 0 Å². The Morgan fingerprint density at radius 1 is 1.03 bits per heavy atom. The second kappa shape index (κ2) is 10.3. The van der Waals surface area contributed by atoms with Crippen LogP contribution in [0.3, 0.4) is 0 Å². The number of piperazine rings is 1. The summed E-state index contributed by atoms with van der Waals surface area (Å²) in [6.45, 7) is 4.90. The Labute approximate surface area is 193 Å². The summed E-state index contributed by atoms with van der Waals surface area (Å²) in [5.74, 6) is -0.187. The number of hydrogen-bond donors (Lipinski definition) is 1. The molecule has 9 nitrogen and oxygen atoms in total. The predicted octanol–water partition coefficient (Wildman–Crippen LogP) is 2.35. The topological polar surface area (TPSA) is 95.1 Å². The zero-order chi connectivity index (χ0) is 23.2. The summed E-state index contributed by atoms with van der Waals surface area (Å²) in [6, 6.07) is 12.6. The van der Waals surface area contributed by atoms with Crippen molar-refractivity contribution in [3.05, 3.63) is 54.4 Å². The van der Waals surface area contributed by atoms with Crippen molar-refractivity contribution in [3.63, 3.8) is 0 Å². The molecule has 33 heavy (non-hydrogen) atoms. The van der Waals surface area contributed by atoms with E-state index in [1.165, 1.54) is 0 Å². The minimum absolute atomic E-state index is 0.0343. The highest BCUT2D eigenvalue weighted by Gasteiger charge is 2.38. The zero-order valence-electron chi connectivity index (χ0n) is 18.8. The maximum atomic E-state index is 12.8. The molecule has 0 unspecified atom stereocenters. The van der Waals surface area contributed by atoms with E-state index in [1.54, 1.807) is 20.9 Å². The van der Waals surface area contributed by atoms with Gasteiger partial charge in [0.1, 0.15) is 5.75 Å². The van der Waals surface area contributed by atoms with E-state index in [1.807, 2.05) is 49.4 Å². The van der Waals surface area contributed by atoms with Crippen LogP contribution in [0.1, 0.15) is 25.5 Å². The van der Waals surface area contributed by atoms with Crippen molar-refractivity contribution >= 4 is 23.5 Å². The summed E-state index contributed by atoms with van der Waals surface area (Å²) in [7, 11) is 0. The Bertz CT molecular complexity index is 974. The van der Waals surface area contributed by atoms with Gasteiger partial charge in [0.05, 0.1) is 18.8 Å². The number of carbonyl (C=O) groups excluding carboxylic acids is 3. The van der Waals surface area contributed by atoms with Gasteiger partial charge in [0.15, 0.2) is 0 Å². The average Bonchev–Trinajstić information content (AvgIpc) is 2.84. The minimum Gasteiger partial charge on any atom is -0.494 e. The fraction of sp³-hybridized carbons (Fsp3) is 0.417. The third kappa shape index (κ3) is 5.42. The second-order valence-corrected chi connectivity index (χ2v) is 8.15. The molecule has 0 saturated carbocycles. The van der Waals surface area contributed by atoms with Crippen LogP contribution >= 0.6 is 0 Å². The minimum atomic E-state index is -0.484. The number of pyridine rings is 1. The molecule has 2 fully saturated rings. The maximum absolute atomic E-state index is 12.8. The smallest absolute Gasteiger partial charge is 0.321 e. The summed E-state index contributed by atoms with van der Waals surface area (Å²) in [5, 5.41) is 2.90. The summed E-state index contributed by atoms with van der Waals surface area (Å²) in [6.07, 6.45) is 2.98. The van der Waals surface area contributed by atoms with Crippen molar-refractivity contribution in [2.24, 2.45) is 0 Å². The van der Waals surface area contributed by atoms with E-state index in [9.17, 15) is 14.4 Å². The molecular formula is C24H29N5O4. The average molecular weight is 452 g/mol. The maximum Gasteiger partial charge on any atom is 0.321 e. The van der Waals surface area contributed by atoms with Crippen LogP contribution in [0.5, 0.6) is 5.75 Å². The molecule has 174 valence electrons. The Kier molecular flexibility index (Phi) is 7.07. The molecule has 1 N–H and O–H groups in total. The third-order valence-electron chi connectivity index (χ3n) is 6.03. The number of nitrogens with one attached hydrogen (secondary N) is 1. The number of rotatable bonds is 6. The van der Waals surface area contributed by atoms with E-state index in [2.05, 4.69) is 10.3 Å². The lowest BCUT2D eigenvalue weighted by Gasteiger charge is -2.42. The Hall–Kier alpha value is -3.62. The van der Waals surface area contributed by atoms with Crippen LogP contribution in [0.4, 0.5) is 10.5 Å². The van der Waals surface area contributed by atoms with Crippen molar-refractivity contribution in [3.8, 4) is 5.75 Å². The van der Waals surface area contributed by atoms with Crippen LogP contribution in [0.25, 0.3) is 0 Å². The fourth-order valence-electron chi connectivity index (χ4n) is 4.26. The molecule has 3 heterocycles. The number of benzene rings is 1. The lowest BCUT2D eigenvalue weighted by molar-refractivity contribution is -0.158. The van der Waals surface area contributed by atoms with Crippen molar-refractivity contribution in [1.29, 1.82) is 0 Å². The van der Waals surface area contributed by atoms with E-state index in [0.717, 1.165) is 11.4 Å². The molecule has 0 radical (unpaired) electrons. The van der Waals surface area contributed by atoms with Crippen LogP contribution < -0.4 is 10.1 Å². The number of carbonyl (C=O) groups is 3. The van der Waals surface area contributed by atoms with Crippen molar-refractivity contribution in [1.82, 2.24) is 19.7 Å². The summed E-state index contributed by atoms with van der Waals surface area (Å²) in [4.78, 5) is 47.3. The van der Waals surface area contributed by atoms with Gasteiger partial charge in [0.25, 0.3) is 0 Å². The van der Waals surface area contributed by atoms with E-state index < -0.39 is 11.8 Å². The molecule has 0 atom stereocenters. The number of amides is 4. The number of nitrogens with zero attached hydrogens (tertiary/aromatic N) is 4. The van der Waals surface area contributed by atoms with Crippen molar-refractivity contribution in [2.75, 3.05) is 38.1 Å². The molecule has 2 aromatic rings. The number of urea groups is 1. The van der Waals surface area contributed by atoms with Gasteiger partial charge in [-0.25, -0.2) is 4.79 Å². The zero-order valence-corrected chi connectivity index (χ0v) is 18.8. The molecule has 2 saturated heterocycles. The molecule has 9 heteroatoms. The van der Waals surface area contributed by atoms with Gasteiger partial charge in [-0.1, -0.05) is 6.07 Å². The Morgan fingerprint density at radius 3 is 2.45 bits per heavy atom. The van der Waals surface area contributed by atoms with Crippen molar-refractivity contribution < 1.29 is 19.1 Å². The molecule has 4 amide bonds. The second-order valence-electron chi connectivity index (χ2n) is 8.15. The molecule has 0 aliphatic carbocycles. The summed E-state index contributed by atoms with van der Waals surface area (Å²) < 4.78 is 5.42. The van der Waals surface area contributed by atoms with E-state index in [0.29, 0.717) is 57.9 Å². The quantitative estimate of drug-likeness (QED) is 0.681. The highest BCUT2D eigenvalue weighted by atomic mass is 16.5. The molecule has 1 aromatic heterocycles. The first kappa shape index (κ1) is 22.6. The van der Waals surface area contributed by atoms with Gasteiger partial charge in [0, 0.05) is 44.1 Å². The van der Waals surface area contributed by atoms with E-state index in [4.69, 9.17) is 4.74 Å². The van der Waals surface area contributed by atoms with Crippen LogP contribution in [0, 0.1) is 0 Å². The molecule has 2 aliphatic rings. The number of likely N-dealkylation sites (tertiary alicyclic amines) is 1. The monoisotopic (exact) mass is 451 g/mol. The predicted molar refractivity (Wildman–Crippen MR) is 123 cm³/mol. The van der Waals surface area contributed by atoms with Gasteiger partial charge < -0.3 is 24.8 Å². The first-order valence-corrected chi connectivity index (χ1v) is 11.3. The molecular weight excluding hydrogens is 422 g/mol. The van der Waals surface area contributed by atoms with Gasteiger partial charge in [-0.05, 0) is 56.2 Å². The summed E-state index contributed by atoms with van der Waals surface area (Å²) >= 11 is 0. The number of anilines is 1. The lowest BCUT2D eigenvalue weighted by Crippen LogP contribution is -2.59. The normalized spacial score (nSPS) is 17.3. The van der Waals surface area contributed by atoms with Gasteiger partial charge in [-0.15, -0.1) is 0 Å². The lowest BCUT2D eigenvalue weighted by atomic mass is 10.0. The van der Waals surface area contributed by atoms with Crippen LogP contribution in [-0.2, 0) is 16.1 Å². The molecule has 1 aromatic carbocycles. The standard InChI is InChI=1S/C24H29N5O4/c1-2-33-21-8-6-18(7-9-21)26-24(32)27-13-10-20(11-14-27)29-16-15-28(22(30)23(29)31)17-19-5-3-4-12-25-19/h3-9,12,20H,2,10-11,13-17H2,1H3,(H,26,32). The molecule has 0 spiro atoms. The van der Waals surface area contributed by atoms with E-state index >= 15 is 0 Å². The molecule has 2 aliphatic heterocycles. The number of hydrogen-bond acceptors (Lipinski definition) is 5. The first-order valence-electron chi connectivity index (χ1n) is 11.3. The van der Waals surface area contributed by atoms with Gasteiger partial charge in [-0.3, -0.25) is 14.6 Å². The van der Waals surface area contributed by atoms with Crippen LogP contribution in [0.15, 0.2) is 48.7 Å². The summed E-state index contributed by atoms with van der Waals surface area (Å²) in [5.41, 5.74) is 1.47. The third-order valence-corrected chi connectivity index (χ3v) is 6.03. The van der Waals surface area contributed by atoms with Crippen LogP contribution in [0.2, 0.25) is 0 Å². The Morgan fingerprint density at radius 2 is 1.79 bits per heavy atom. The number of aromatic nitrogens is 1. The molecule has 0 bridgehead atoms. The van der Waals surface area contributed by atoms with Gasteiger partial charge in [0.2, 0.25) is 0 Å². The van der Waals surface area contributed by atoms with E-state index in [-0.39, 0.29) is 12.1 Å². The van der Waals surface area contributed by atoms with Crippen LogP contribution in [-0.4, -0.2) is 76.4 Å². The SMILES string of the molecule is CCOc1ccc(NC(=O)N2CCC(N3CCN(Cc4ccccn4)C(=O)C3=O)CC2)cc1. The Balaban J connectivity index is 1.26. The molecule has 4 rings (SSSR count). The highest BCUT2D eigenvalue weighted by molar-refractivity contribution is 6.35. The highest BCUT2D eigenvalue weighted by Crippen LogP contribution is 2.22.